The Morgan fingerprint density at radius 1 is 1.43 bits per heavy atom. The molecule has 6 nitrogen and oxygen atoms in total. The van der Waals surface area contributed by atoms with Crippen LogP contribution in [0.1, 0.15) is 18.5 Å². The molecule has 2 saturated heterocycles. The maximum Gasteiger partial charge on any atom is 0.192 e. The minimum absolute atomic E-state index is 0.0930. The molecule has 2 bridgehead atoms. The zero-order valence-corrected chi connectivity index (χ0v) is 12.7. The van der Waals surface area contributed by atoms with Crippen molar-refractivity contribution < 1.29 is 14.6 Å². The molecule has 1 aromatic carbocycles. The van der Waals surface area contributed by atoms with Gasteiger partial charge < -0.3 is 14.6 Å². The van der Waals surface area contributed by atoms with Gasteiger partial charge in [0.1, 0.15) is 5.69 Å². The first-order valence-electron chi connectivity index (χ1n) is 6.83. The molecule has 2 aromatic rings. The number of aliphatic hydroxyl groups is 1. The van der Waals surface area contributed by atoms with Gasteiger partial charge in [0, 0.05) is 4.47 Å². The molecule has 21 heavy (non-hydrogen) atoms. The lowest BCUT2D eigenvalue weighted by Crippen LogP contribution is -2.44. The number of benzene rings is 1. The molecular weight excluding hydrogens is 338 g/mol. The van der Waals surface area contributed by atoms with E-state index in [-0.39, 0.29) is 6.10 Å². The number of halogens is 1. The zero-order valence-electron chi connectivity index (χ0n) is 11.1. The third kappa shape index (κ3) is 2.20. The summed E-state index contributed by atoms with van der Waals surface area (Å²) in [5.74, 6) is 0. The van der Waals surface area contributed by atoms with Gasteiger partial charge in [-0.3, -0.25) is 0 Å². The van der Waals surface area contributed by atoms with Crippen molar-refractivity contribution in [2.24, 2.45) is 0 Å². The Labute approximate surface area is 129 Å². The first-order chi connectivity index (χ1) is 10.1. The van der Waals surface area contributed by atoms with Crippen LogP contribution in [0.15, 0.2) is 34.9 Å². The molecule has 2 aliphatic rings. The van der Waals surface area contributed by atoms with Crippen molar-refractivity contribution in [2.75, 3.05) is 6.61 Å². The van der Waals surface area contributed by atoms with Crippen LogP contribution in [0.3, 0.4) is 0 Å². The van der Waals surface area contributed by atoms with Crippen LogP contribution in [0, 0.1) is 0 Å². The summed E-state index contributed by atoms with van der Waals surface area (Å²) in [6.45, 7) is 0.534. The minimum Gasteiger partial charge on any atom is -0.378 e. The highest BCUT2D eigenvalue weighted by Crippen LogP contribution is 2.41. The maximum absolute atomic E-state index is 10.9. The lowest BCUT2D eigenvalue weighted by molar-refractivity contribution is -0.219. The summed E-state index contributed by atoms with van der Waals surface area (Å²) >= 11 is 3.43. The average Bonchev–Trinajstić information content (AvgIpc) is 3.12. The molecule has 7 heteroatoms. The molecule has 0 amide bonds. The number of hydrogen-bond donors (Lipinski definition) is 1. The molecule has 4 rings (SSSR count). The Balaban J connectivity index is 1.68. The lowest BCUT2D eigenvalue weighted by Gasteiger charge is -2.34. The molecule has 2 fully saturated rings. The van der Waals surface area contributed by atoms with Gasteiger partial charge in [-0.25, -0.2) is 4.68 Å². The van der Waals surface area contributed by atoms with Crippen LogP contribution in [0.2, 0.25) is 0 Å². The normalized spacial score (nSPS) is 31.5. The number of rotatable bonds is 2. The number of nitrogens with zero attached hydrogens (tertiary/aromatic N) is 3. The maximum atomic E-state index is 10.9. The third-order valence-electron chi connectivity index (χ3n) is 4.00. The molecule has 2 aliphatic heterocycles. The van der Waals surface area contributed by atoms with Crippen LogP contribution in [0.4, 0.5) is 0 Å². The zero-order chi connectivity index (χ0) is 14.4. The Morgan fingerprint density at radius 3 is 3.19 bits per heavy atom. The summed E-state index contributed by atoms with van der Waals surface area (Å²) in [7, 11) is 0. The predicted molar refractivity (Wildman–Crippen MR) is 76.8 cm³/mol. The van der Waals surface area contributed by atoms with E-state index in [4.69, 9.17) is 9.47 Å². The van der Waals surface area contributed by atoms with Gasteiger partial charge in [-0.05, 0) is 31.0 Å². The van der Waals surface area contributed by atoms with Gasteiger partial charge in [-0.15, -0.1) is 5.10 Å². The lowest BCUT2D eigenvalue weighted by atomic mass is 9.90. The highest BCUT2D eigenvalue weighted by atomic mass is 79.9. The second-order valence-electron chi connectivity index (χ2n) is 5.41. The molecule has 1 unspecified atom stereocenters. The van der Waals surface area contributed by atoms with Crippen molar-refractivity contribution in [1.29, 1.82) is 0 Å². The van der Waals surface area contributed by atoms with Gasteiger partial charge in [0.15, 0.2) is 11.9 Å². The van der Waals surface area contributed by atoms with Crippen molar-refractivity contribution in [3.05, 3.63) is 40.6 Å². The quantitative estimate of drug-likeness (QED) is 0.892. The SMILES string of the molecule is OC1(c2cn(-c3cccc(Br)c3)nn2)CC[C@H]2CO[C@@H]1O2. The number of ether oxygens (including phenoxy) is 2. The van der Waals surface area contributed by atoms with E-state index in [9.17, 15) is 5.11 Å². The summed E-state index contributed by atoms with van der Waals surface area (Å²) in [5, 5.41) is 19.1. The van der Waals surface area contributed by atoms with Crippen molar-refractivity contribution in [2.45, 2.75) is 30.8 Å². The monoisotopic (exact) mass is 351 g/mol. The van der Waals surface area contributed by atoms with Gasteiger partial charge in [-0.2, -0.15) is 0 Å². The first kappa shape index (κ1) is 13.4. The largest absolute Gasteiger partial charge is 0.378 e. The highest BCUT2D eigenvalue weighted by Gasteiger charge is 2.51. The van der Waals surface area contributed by atoms with Gasteiger partial charge in [0.25, 0.3) is 0 Å². The molecule has 0 radical (unpaired) electrons. The van der Waals surface area contributed by atoms with Crippen LogP contribution in [0.5, 0.6) is 0 Å². The topological polar surface area (TPSA) is 69.4 Å². The van der Waals surface area contributed by atoms with E-state index in [2.05, 4.69) is 26.2 Å². The average molecular weight is 352 g/mol. The van der Waals surface area contributed by atoms with Crippen molar-refractivity contribution in [1.82, 2.24) is 15.0 Å². The summed E-state index contributed by atoms with van der Waals surface area (Å²) in [5.41, 5.74) is 0.124. The van der Waals surface area contributed by atoms with Crippen LogP contribution < -0.4 is 0 Å². The molecule has 0 saturated carbocycles. The van der Waals surface area contributed by atoms with Crippen LogP contribution in [-0.4, -0.2) is 39.1 Å². The number of hydrogen-bond acceptors (Lipinski definition) is 5. The van der Waals surface area contributed by atoms with E-state index in [0.29, 0.717) is 18.7 Å². The summed E-state index contributed by atoms with van der Waals surface area (Å²) in [6, 6.07) is 7.72. The fourth-order valence-electron chi connectivity index (χ4n) is 2.80. The second-order valence-corrected chi connectivity index (χ2v) is 6.33. The summed E-state index contributed by atoms with van der Waals surface area (Å²) in [6.07, 6.45) is 2.50. The fraction of sp³-hybridized carbons (Fsp3) is 0.429. The van der Waals surface area contributed by atoms with E-state index < -0.39 is 11.9 Å². The smallest absolute Gasteiger partial charge is 0.192 e. The highest BCUT2D eigenvalue weighted by molar-refractivity contribution is 9.10. The van der Waals surface area contributed by atoms with Crippen LogP contribution in [0.25, 0.3) is 5.69 Å². The van der Waals surface area contributed by atoms with Crippen LogP contribution in [-0.2, 0) is 15.1 Å². The van der Waals surface area contributed by atoms with Gasteiger partial charge in [0.05, 0.1) is 24.6 Å². The molecule has 3 heterocycles. The van der Waals surface area contributed by atoms with E-state index in [1.54, 1.807) is 10.9 Å². The Kier molecular flexibility index (Phi) is 3.11. The standard InChI is InChI=1S/C14H14BrN3O3/c15-9-2-1-3-10(6-9)18-7-12(16-17-18)14(19)5-4-11-8-20-13(14)21-11/h1-3,6-7,11,13,19H,4-5,8H2/t11-,13+,14?/m0/s1. The summed E-state index contributed by atoms with van der Waals surface area (Å²) in [4.78, 5) is 0. The number of aromatic nitrogens is 3. The molecule has 110 valence electrons. The Morgan fingerprint density at radius 2 is 2.33 bits per heavy atom. The third-order valence-corrected chi connectivity index (χ3v) is 4.49. The Bertz CT molecular complexity index is 677. The second kappa shape index (κ2) is 4.88. The van der Waals surface area contributed by atoms with Gasteiger partial charge >= 0.3 is 0 Å². The van der Waals surface area contributed by atoms with E-state index >= 15 is 0 Å². The van der Waals surface area contributed by atoms with E-state index in [0.717, 1.165) is 16.6 Å². The molecular formula is C14H14BrN3O3. The van der Waals surface area contributed by atoms with Gasteiger partial charge in [-0.1, -0.05) is 27.2 Å². The molecule has 1 N–H and O–H groups in total. The fourth-order valence-corrected chi connectivity index (χ4v) is 3.19. The number of fused-ring (bicyclic) bond motifs is 2. The molecule has 0 spiro atoms. The predicted octanol–water partition coefficient (Wildman–Crippen LogP) is 1.75. The summed E-state index contributed by atoms with van der Waals surface area (Å²) < 4.78 is 13.8. The van der Waals surface area contributed by atoms with Crippen molar-refractivity contribution >= 4 is 15.9 Å². The van der Waals surface area contributed by atoms with Crippen molar-refractivity contribution in [3.63, 3.8) is 0 Å². The van der Waals surface area contributed by atoms with Gasteiger partial charge in [0.2, 0.25) is 0 Å². The molecule has 3 atom stereocenters. The van der Waals surface area contributed by atoms with E-state index in [1.165, 1.54) is 0 Å². The van der Waals surface area contributed by atoms with E-state index in [1.807, 2.05) is 24.3 Å². The molecule has 0 aliphatic carbocycles. The molecule has 1 aromatic heterocycles. The van der Waals surface area contributed by atoms with Crippen molar-refractivity contribution in [3.8, 4) is 5.69 Å². The first-order valence-corrected chi connectivity index (χ1v) is 7.63. The Hall–Kier alpha value is -1.28. The van der Waals surface area contributed by atoms with Crippen LogP contribution >= 0.6 is 15.9 Å². The minimum atomic E-state index is -1.22.